The minimum absolute atomic E-state index is 0.103. The van der Waals surface area contributed by atoms with E-state index < -0.39 is 5.91 Å². The van der Waals surface area contributed by atoms with Gasteiger partial charge >= 0.3 is 0 Å². The summed E-state index contributed by atoms with van der Waals surface area (Å²) in [4.78, 5) is 12.0. The number of anilines is 2. The predicted molar refractivity (Wildman–Crippen MR) is 79.3 cm³/mol. The van der Waals surface area contributed by atoms with Gasteiger partial charge in [-0.2, -0.15) is 0 Å². The second-order valence-corrected chi connectivity index (χ2v) is 4.87. The zero-order chi connectivity index (χ0) is 14.7. The number of nitrogens with zero attached hydrogens (tertiary/aromatic N) is 2. The van der Waals surface area contributed by atoms with Gasteiger partial charge in [-0.05, 0) is 24.3 Å². The van der Waals surface area contributed by atoms with E-state index >= 15 is 0 Å². The highest BCUT2D eigenvalue weighted by atomic mass is 35.5. The first-order valence-corrected chi connectivity index (χ1v) is 6.41. The third-order valence-electron chi connectivity index (χ3n) is 2.30. The molecule has 9 heteroatoms. The average Bonchev–Trinajstić information content (AvgIpc) is 2.44. The van der Waals surface area contributed by atoms with E-state index in [1.807, 2.05) is 0 Å². The van der Waals surface area contributed by atoms with Crippen LogP contribution in [0.2, 0.25) is 15.1 Å². The molecule has 1 aromatic heterocycles. The summed E-state index contributed by atoms with van der Waals surface area (Å²) in [7, 11) is 0. The first kappa shape index (κ1) is 14.8. The zero-order valence-corrected chi connectivity index (χ0v) is 12.1. The van der Waals surface area contributed by atoms with Crippen LogP contribution in [0.25, 0.3) is 0 Å². The lowest BCUT2D eigenvalue weighted by atomic mass is 10.3. The molecule has 0 aliphatic carbocycles. The second kappa shape index (κ2) is 6.23. The maximum absolute atomic E-state index is 12.0. The van der Waals surface area contributed by atoms with Crippen LogP contribution >= 0.6 is 34.8 Å². The third kappa shape index (κ3) is 3.29. The Morgan fingerprint density at radius 2 is 1.75 bits per heavy atom. The smallest absolute Gasteiger partial charge is 0.276 e. The molecule has 4 N–H and O–H groups in total. The molecule has 0 saturated heterocycles. The lowest BCUT2D eigenvalue weighted by molar-refractivity contribution is 0.102. The van der Waals surface area contributed by atoms with Crippen molar-refractivity contribution in [2.45, 2.75) is 0 Å². The number of hydrogen-bond donors (Lipinski definition) is 3. The van der Waals surface area contributed by atoms with Crippen molar-refractivity contribution in [3.05, 3.63) is 45.0 Å². The lowest BCUT2D eigenvalue weighted by Gasteiger charge is -2.08. The Kier molecular flexibility index (Phi) is 4.61. The molecule has 1 heterocycles. The summed E-state index contributed by atoms with van der Waals surface area (Å²) in [6, 6.07) is 5.86. The molecule has 0 fully saturated rings. The second-order valence-electron chi connectivity index (χ2n) is 3.65. The van der Waals surface area contributed by atoms with Crippen molar-refractivity contribution >= 4 is 52.2 Å². The predicted octanol–water partition coefficient (Wildman–Crippen LogP) is 2.97. The van der Waals surface area contributed by atoms with Crippen LogP contribution in [0.4, 0.5) is 11.5 Å². The number of nitrogen functional groups attached to an aromatic ring is 1. The SMILES string of the molecule is NNc1ccc(C(=O)Nc2cc(Cl)c(Cl)cc2Cl)nn1. The van der Waals surface area contributed by atoms with Crippen molar-refractivity contribution in [2.75, 3.05) is 10.7 Å². The van der Waals surface area contributed by atoms with Gasteiger partial charge in [0.25, 0.3) is 5.91 Å². The fourth-order valence-corrected chi connectivity index (χ4v) is 1.93. The molecule has 0 atom stereocenters. The molecule has 20 heavy (non-hydrogen) atoms. The quantitative estimate of drug-likeness (QED) is 0.456. The summed E-state index contributed by atoms with van der Waals surface area (Å²) in [5, 5.41) is 10.8. The first-order chi connectivity index (χ1) is 9.51. The van der Waals surface area contributed by atoms with Gasteiger partial charge in [0.2, 0.25) is 0 Å². The largest absolute Gasteiger partial charge is 0.319 e. The number of amides is 1. The van der Waals surface area contributed by atoms with Crippen LogP contribution in [0.3, 0.4) is 0 Å². The molecule has 0 spiro atoms. The third-order valence-corrected chi connectivity index (χ3v) is 3.34. The normalized spacial score (nSPS) is 10.2. The lowest BCUT2D eigenvalue weighted by Crippen LogP contribution is -2.16. The molecule has 1 amide bonds. The molecule has 1 aromatic carbocycles. The maximum Gasteiger partial charge on any atom is 0.276 e. The Labute approximate surface area is 129 Å². The molecule has 6 nitrogen and oxygen atoms in total. The van der Waals surface area contributed by atoms with Crippen LogP contribution in [0.15, 0.2) is 24.3 Å². The highest BCUT2D eigenvalue weighted by Crippen LogP contribution is 2.32. The van der Waals surface area contributed by atoms with Gasteiger partial charge in [0.05, 0.1) is 20.8 Å². The average molecular weight is 333 g/mol. The molecule has 0 saturated carbocycles. The Bertz CT molecular complexity index is 647. The highest BCUT2D eigenvalue weighted by molar-refractivity contribution is 6.44. The van der Waals surface area contributed by atoms with Crippen molar-refractivity contribution in [2.24, 2.45) is 5.84 Å². The van der Waals surface area contributed by atoms with E-state index in [-0.39, 0.29) is 15.7 Å². The number of nitrogens with two attached hydrogens (primary N) is 1. The first-order valence-electron chi connectivity index (χ1n) is 5.27. The molecule has 104 valence electrons. The van der Waals surface area contributed by atoms with Crippen LogP contribution in [0.5, 0.6) is 0 Å². The molecule has 0 aliphatic rings. The summed E-state index contributed by atoms with van der Waals surface area (Å²) in [6.07, 6.45) is 0. The monoisotopic (exact) mass is 331 g/mol. The van der Waals surface area contributed by atoms with E-state index in [1.54, 1.807) is 0 Å². The van der Waals surface area contributed by atoms with E-state index in [4.69, 9.17) is 40.6 Å². The summed E-state index contributed by atoms with van der Waals surface area (Å²) < 4.78 is 0. The molecular formula is C11H8Cl3N5O. The molecule has 0 unspecified atom stereocenters. The summed E-state index contributed by atoms with van der Waals surface area (Å²) >= 11 is 17.6. The number of benzene rings is 1. The van der Waals surface area contributed by atoms with Crippen LogP contribution in [0, 0.1) is 0 Å². The molecule has 2 rings (SSSR count). The summed E-state index contributed by atoms with van der Waals surface area (Å²) in [5.41, 5.74) is 2.74. The van der Waals surface area contributed by atoms with Crippen LogP contribution in [0.1, 0.15) is 10.5 Å². The van der Waals surface area contributed by atoms with Crippen molar-refractivity contribution in [1.82, 2.24) is 10.2 Å². The van der Waals surface area contributed by atoms with Gasteiger partial charge in [-0.3, -0.25) is 4.79 Å². The Morgan fingerprint density at radius 3 is 2.35 bits per heavy atom. The Morgan fingerprint density at radius 1 is 1.05 bits per heavy atom. The van der Waals surface area contributed by atoms with E-state index in [9.17, 15) is 4.79 Å². The molecule has 0 aliphatic heterocycles. The van der Waals surface area contributed by atoms with Gasteiger partial charge in [-0.15, -0.1) is 10.2 Å². The van der Waals surface area contributed by atoms with Crippen molar-refractivity contribution in [3.8, 4) is 0 Å². The Balaban J connectivity index is 2.20. The van der Waals surface area contributed by atoms with Crippen LogP contribution in [-0.4, -0.2) is 16.1 Å². The number of nitrogens with one attached hydrogen (secondary N) is 2. The van der Waals surface area contributed by atoms with Gasteiger partial charge in [0.1, 0.15) is 0 Å². The van der Waals surface area contributed by atoms with E-state index in [2.05, 4.69) is 20.9 Å². The number of carbonyl (C=O) groups is 1. The number of halogens is 3. The van der Waals surface area contributed by atoms with Crippen LogP contribution < -0.4 is 16.6 Å². The van der Waals surface area contributed by atoms with Gasteiger partial charge in [-0.1, -0.05) is 34.8 Å². The number of carbonyl (C=O) groups excluding carboxylic acids is 1. The summed E-state index contributed by atoms with van der Waals surface area (Å²) in [5.74, 6) is 5.01. The molecule has 0 radical (unpaired) electrons. The fourth-order valence-electron chi connectivity index (χ4n) is 1.34. The molecule has 0 bridgehead atoms. The minimum Gasteiger partial charge on any atom is -0.319 e. The summed E-state index contributed by atoms with van der Waals surface area (Å²) in [6.45, 7) is 0. The van der Waals surface area contributed by atoms with Gasteiger partial charge in [0, 0.05) is 0 Å². The molecule has 2 aromatic rings. The number of rotatable bonds is 3. The van der Waals surface area contributed by atoms with Gasteiger partial charge in [0.15, 0.2) is 11.5 Å². The zero-order valence-electron chi connectivity index (χ0n) is 9.82. The van der Waals surface area contributed by atoms with Crippen molar-refractivity contribution < 1.29 is 4.79 Å². The number of hydrazine groups is 1. The molecular weight excluding hydrogens is 325 g/mol. The maximum atomic E-state index is 12.0. The fraction of sp³-hybridized carbons (Fsp3) is 0. The van der Waals surface area contributed by atoms with Crippen molar-refractivity contribution in [1.29, 1.82) is 0 Å². The van der Waals surface area contributed by atoms with E-state index in [0.29, 0.717) is 16.5 Å². The topological polar surface area (TPSA) is 92.9 Å². The Hall–Kier alpha value is -1.60. The van der Waals surface area contributed by atoms with Crippen molar-refractivity contribution in [3.63, 3.8) is 0 Å². The number of aromatic nitrogens is 2. The minimum atomic E-state index is -0.485. The van der Waals surface area contributed by atoms with Gasteiger partial charge < -0.3 is 10.7 Å². The van der Waals surface area contributed by atoms with E-state index in [1.165, 1.54) is 24.3 Å². The van der Waals surface area contributed by atoms with E-state index in [0.717, 1.165) is 0 Å². The van der Waals surface area contributed by atoms with Gasteiger partial charge in [-0.25, -0.2) is 5.84 Å². The highest BCUT2D eigenvalue weighted by Gasteiger charge is 2.12. The van der Waals surface area contributed by atoms with Crippen LogP contribution in [-0.2, 0) is 0 Å². The number of hydrogen-bond acceptors (Lipinski definition) is 5. The standard InChI is InChI=1S/C11H8Cl3N5O/c12-5-3-7(14)9(4-6(5)13)16-11(20)8-1-2-10(17-15)19-18-8/h1-4H,15H2,(H,16,20)(H,17,19).